The maximum absolute atomic E-state index is 14.0. The highest BCUT2D eigenvalue weighted by Crippen LogP contribution is 2.64. The topological polar surface area (TPSA) is 66.8 Å². The van der Waals surface area contributed by atoms with Gasteiger partial charge in [0.1, 0.15) is 5.75 Å². The molecule has 0 aromatic heterocycles. The minimum Gasteiger partial charge on any atom is -0.492 e. The highest BCUT2D eigenvalue weighted by Gasteiger charge is 2.68. The van der Waals surface area contributed by atoms with Crippen LogP contribution in [0, 0.1) is 11.8 Å². The molecule has 1 N–H and O–H groups in total. The van der Waals surface area contributed by atoms with Crippen molar-refractivity contribution in [1.82, 2.24) is 0 Å². The average Bonchev–Trinajstić information content (AvgIpc) is 3.10. The first-order valence-corrected chi connectivity index (χ1v) is 11.0. The summed E-state index contributed by atoms with van der Waals surface area (Å²) in [6.45, 7) is 2.06. The number of ether oxygens (including phenoxy) is 1. The number of rotatable bonds is 4. The van der Waals surface area contributed by atoms with Crippen molar-refractivity contribution >= 4 is 17.5 Å². The fraction of sp³-hybridized carbons (Fsp3) is 0.259. The lowest BCUT2D eigenvalue weighted by Crippen LogP contribution is -2.55. The predicted molar refractivity (Wildman–Crippen MR) is 120 cm³/mol. The van der Waals surface area contributed by atoms with E-state index in [0.29, 0.717) is 18.0 Å². The third-order valence-electron chi connectivity index (χ3n) is 7.45. The number of carbonyl (C=O) groups is 2. The van der Waals surface area contributed by atoms with Crippen molar-refractivity contribution in [3.63, 3.8) is 0 Å². The maximum atomic E-state index is 14.0. The minimum atomic E-state index is -0.950. The van der Waals surface area contributed by atoms with Crippen molar-refractivity contribution in [3.05, 3.63) is 95.1 Å². The van der Waals surface area contributed by atoms with Crippen LogP contribution in [0.4, 0.5) is 5.69 Å². The zero-order valence-corrected chi connectivity index (χ0v) is 17.7. The molecule has 5 heteroatoms. The predicted octanol–water partition coefficient (Wildman–Crippen LogP) is 3.63. The lowest BCUT2D eigenvalue weighted by Gasteiger charge is -2.53. The van der Waals surface area contributed by atoms with Crippen LogP contribution >= 0.6 is 0 Å². The third-order valence-corrected chi connectivity index (χ3v) is 7.45. The van der Waals surface area contributed by atoms with Gasteiger partial charge in [-0.1, -0.05) is 60.7 Å². The van der Waals surface area contributed by atoms with Crippen molar-refractivity contribution in [2.75, 3.05) is 18.1 Å². The summed E-state index contributed by atoms with van der Waals surface area (Å²) in [5.74, 6) is -1.43. The van der Waals surface area contributed by atoms with E-state index in [4.69, 9.17) is 4.74 Å². The summed E-state index contributed by atoms with van der Waals surface area (Å²) in [6, 6.07) is 23.0. The summed E-state index contributed by atoms with van der Waals surface area (Å²) < 4.78 is 5.75. The zero-order chi connectivity index (χ0) is 22.0. The Labute approximate surface area is 186 Å². The molecule has 4 aliphatic rings. The van der Waals surface area contributed by atoms with Gasteiger partial charge in [0, 0.05) is 5.92 Å². The fourth-order valence-electron chi connectivity index (χ4n) is 6.35. The van der Waals surface area contributed by atoms with E-state index in [1.165, 1.54) is 4.90 Å². The van der Waals surface area contributed by atoms with Gasteiger partial charge in [0.15, 0.2) is 0 Å². The van der Waals surface area contributed by atoms with Crippen LogP contribution < -0.4 is 9.64 Å². The molecule has 0 unspecified atom stereocenters. The molecule has 3 aromatic carbocycles. The number of anilines is 1. The Morgan fingerprint density at radius 3 is 2.09 bits per heavy atom. The first-order valence-electron chi connectivity index (χ1n) is 11.0. The van der Waals surface area contributed by atoms with Crippen LogP contribution in [-0.2, 0) is 15.0 Å². The molecule has 1 heterocycles. The van der Waals surface area contributed by atoms with E-state index in [0.717, 1.165) is 22.3 Å². The highest BCUT2D eigenvalue weighted by atomic mass is 16.5. The SMILES string of the molecule is CCOc1ccccc1N1C(=O)[C@@H]2C3c4ccccc4C(CO)(c4ccccc43)[C@H]2C1=O. The second kappa shape index (κ2) is 6.78. The molecule has 1 saturated heterocycles. The quantitative estimate of drug-likeness (QED) is 0.649. The molecular weight excluding hydrogens is 402 g/mol. The second-order valence-electron chi connectivity index (χ2n) is 8.70. The van der Waals surface area contributed by atoms with Crippen LogP contribution in [0.5, 0.6) is 5.75 Å². The Balaban J connectivity index is 1.61. The minimum absolute atomic E-state index is 0.221. The van der Waals surface area contributed by atoms with Gasteiger partial charge in [0.2, 0.25) is 11.8 Å². The first kappa shape index (κ1) is 19.3. The van der Waals surface area contributed by atoms with Crippen molar-refractivity contribution in [1.29, 1.82) is 0 Å². The van der Waals surface area contributed by atoms with E-state index >= 15 is 0 Å². The number of hydrogen-bond donors (Lipinski definition) is 1. The first-order chi connectivity index (χ1) is 15.6. The normalized spacial score (nSPS) is 27.2. The standard InChI is InChI=1S/C27H23NO4/c1-2-32-21-14-8-7-13-20(21)28-25(30)23-22-16-9-3-5-11-18(16)27(15-29,24(23)26(28)31)19-12-6-4-10-17(19)22/h3-14,22-24,29H,2,15H2,1H3/t22?,23-,24-,27?/m1/s1. The number of benzene rings is 3. The Morgan fingerprint density at radius 1 is 0.875 bits per heavy atom. The van der Waals surface area contributed by atoms with E-state index < -0.39 is 17.3 Å². The van der Waals surface area contributed by atoms with Crippen LogP contribution in [0.2, 0.25) is 0 Å². The zero-order valence-electron chi connectivity index (χ0n) is 17.7. The molecule has 3 aromatic rings. The number of carbonyl (C=O) groups excluding carboxylic acids is 2. The molecule has 160 valence electrons. The molecule has 0 radical (unpaired) electrons. The van der Waals surface area contributed by atoms with Crippen molar-refractivity contribution in [2.24, 2.45) is 11.8 Å². The van der Waals surface area contributed by atoms with E-state index in [9.17, 15) is 14.7 Å². The lowest BCUT2D eigenvalue weighted by molar-refractivity contribution is -0.124. The van der Waals surface area contributed by atoms with Gasteiger partial charge in [-0.15, -0.1) is 0 Å². The van der Waals surface area contributed by atoms with E-state index in [-0.39, 0.29) is 24.3 Å². The third kappa shape index (κ3) is 2.16. The smallest absolute Gasteiger partial charge is 0.239 e. The van der Waals surface area contributed by atoms with Crippen LogP contribution in [0.15, 0.2) is 72.8 Å². The number of amides is 2. The molecule has 2 atom stereocenters. The number of aliphatic hydroxyl groups excluding tert-OH is 1. The van der Waals surface area contributed by atoms with Gasteiger partial charge < -0.3 is 9.84 Å². The number of hydrogen-bond acceptors (Lipinski definition) is 4. The summed E-state index contributed by atoms with van der Waals surface area (Å²) in [6.07, 6.45) is 0. The van der Waals surface area contributed by atoms with Crippen molar-refractivity contribution in [3.8, 4) is 5.75 Å². The molecule has 1 aliphatic heterocycles. The Bertz CT molecular complexity index is 1220. The largest absolute Gasteiger partial charge is 0.492 e. The van der Waals surface area contributed by atoms with Gasteiger partial charge in [-0.25, -0.2) is 4.90 Å². The summed E-state index contributed by atoms with van der Waals surface area (Å²) in [4.78, 5) is 29.3. The molecule has 32 heavy (non-hydrogen) atoms. The lowest BCUT2D eigenvalue weighted by atomic mass is 9.47. The summed E-state index contributed by atoms with van der Waals surface area (Å²) in [7, 11) is 0. The molecule has 3 aliphatic carbocycles. The molecule has 0 saturated carbocycles. The van der Waals surface area contributed by atoms with Gasteiger partial charge in [0.05, 0.1) is 36.2 Å². The van der Waals surface area contributed by atoms with Gasteiger partial charge in [0.25, 0.3) is 0 Å². The van der Waals surface area contributed by atoms with Crippen LogP contribution in [-0.4, -0.2) is 30.1 Å². The molecule has 2 amide bonds. The van der Waals surface area contributed by atoms with Crippen LogP contribution in [0.1, 0.15) is 35.1 Å². The molecule has 5 nitrogen and oxygen atoms in total. The number of para-hydroxylation sites is 2. The summed E-state index contributed by atoms with van der Waals surface area (Å²) in [5.41, 5.74) is 3.49. The number of aliphatic hydroxyl groups is 1. The Hall–Kier alpha value is -3.44. The summed E-state index contributed by atoms with van der Waals surface area (Å²) >= 11 is 0. The van der Waals surface area contributed by atoms with E-state index in [2.05, 4.69) is 0 Å². The molecule has 2 bridgehead atoms. The highest BCUT2D eigenvalue weighted by molar-refractivity contribution is 6.24. The molecular formula is C27H23NO4. The van der Waals surface area contributed by atoms with E-state index in [1.54, 1.807) is 18.2 Å². The number of nitrogens with zero attached hydrogens (tertiary/aromatic N) is 1. The molecule has 7 rings (SSSR count). The van der Waals surface area contributed by atoms with Crippen LogP contribution in [0.3, 0.4) is 0 Å². The monoisotopic (exact) mass is 425 g/mol. The van der Waals surface area contributed by atoms with Gasteiger partial charge in [-0.3, -0.25) is 9.59 Å². The number of imide groups is 1. The van der Waals surface area contributed by atoms with Crippen LogP contribution in [0.25, 0.3) is 0 Å². The van der Waals surface area contributed by atoms with Gasteiger partial charge in [-0.05, 0) is 41.3 Å². The van der Waals surface area contributed by atoms with Gasteiger partial charge in [-0.2, -0.15) is 0 Å². The Morgan fingerprint density at radius 2 is 1.47 bits per heavy atom. The van der Waals surface area contributed by atoms with Gasteiger partial charge >= 0.3 is 0 Å². The van der Waals surface area contributed by atoms with Crippen molar-refractivity contribution in [2.45, 2.75) is 18.3 Å². The second-order valence-corrected chi connectivity index (χ2v) is 8.70. The van der Waals surface area contributed by atoms with E-state index in [1.807, 2.05) is 61.5 Å². The average molecular weight is 425 g/mol. The molecule has 0 spiro atoms. The fourth-order valence-corrected chi connectivity index (χ4v) is 6.35. The maximum Gasteiger partial charge on any atom is 0.239 e. The van der Waals surface area contributed by atoms with Crippen molar-refractivity contribution < 1.29 is 19.4 Å². The Kier molecular flexibility index (Phi) is 4.08. The molecule has 1 fully saturated rings. The summed E-state index contributed by atoms with van der Waals surface area (Å²) in [5, 5.41) is 10.9.